The van der Waals surface area contributed by atoms with Crippen molar-refractivity contribution in [3.8, 4) is 0 Å². The van der Waals surface area contributed by atoms with Crippen molar-refractivity contribution in [3.63, 3.8) is 0 Å². The maximum Gasteiger partial charge on any atom is 3.00 e. The summed E-state index contributed by atoms with van der Waals surface area (Å²) in [5, 5.41) is 0. The van der Waals surface area contributed by atoms with Crippen LogP contribution >= 0.6 is 0 Å². The third-order valence-electron chi connectivity index (χ3n) is 0. The molecule has 12 N–H and O–H groups in total. The van der Waals surface area contributed by atoms with E-state index in [1.54, 1.807) is 0 Å². The van der Waals surface area contributed by atoms with Crippen LogP contribution in [0.15, 0.2) is 0 Å². The van der Waals surface area contributed by atoms with Gasteiger partial charge < -0.3 is 18.5 Å². The molecular formula is H12As2CrN3O8. The summed E-state index contributed by atoms with van der Waals surface area (Å²) in [6.07, 6.45) is 0. The smallest absolute Gasteiger partial charge is 0.369 e. The van der Waals surface area contributed by atoms with Gasteiger partial charge in [0.2, 0.25) is 0 Å². The van der Waals surface area contributed by atoms with Gasteiger partial charge in [-0.1, -0.05) is 0 Å². The van der Waals surface area contributed by atoms with Gasteiger partial charge in [-0.15, -0.1) is 0 Å². The molecule has 0 aliphatic rings. The molecule has 0 aromatic carbocycles. The van der Waals surface area contributed by atoms with E-state index in [-0.39, 0.29) is 35.8 Å². The van der Waals surface area contributed by atoms with Crippen LogP contribution in [0.25, 0.3) is 0 Å². The topological polar surface area (TPSA) is 282 Å². The Morgan fingerprint density at radius 1 is 0.571 bits per heavy atom. The molecule has 0 saturated carbocycles. The zero-order valence-electron chi connectivity index (χ0n) is 7.57. The molecular weight excluding hydrogens is 372 g/mol. The van der Waals surface area contributed by atoms with Gasteiger partial charge in [0.1, 0.15) is 0 Å². The average Bonchev–Trinajstić information content (AvgIpc) is 1.12. The zero-order chi connectivity index (χ0) is 9.00. The van der Waals surface area contributed by atoms with Crippen LogP contribution in [-0.2, 0) is 24.8 Å². The summed E-state index contributed by atoms with van der Waals surface area (Å²) >= 11 is -11.8. The summed E-state index contributed by atoms with van der Waals surface area (Å²) in [4.78, 5) is 0. The van der Waals surface area contributed by atoms with E-state index >= 15 is 0 Å². The molecule has 91 valence electrons. The number of hydrogen-bond donors (Lipinski definition) is 3. The minimum Gasteiger partial charge on any atom is -0.369 e. The van der Waals surface area contributed by atoms with E-state index in [2.05, 4.69) is 0 Å². The van der Waals surface area contributed by atoms with Crippen molar-refractivity contribution in [1.82, 2.24) is 18.5 Å². The van der Waals surface area contributed by atoms with Crippen LogP contribution in [0, 0.1) is 0 Å². The second kappa shape index (κ2) is 13.9. The Hall–Kier alpha value is 0.889. The molecule has 0 heterocycles. The van der Waals surface area contributed by atoms with Crippen molar-refractivity contribution in [2.24, 2.45) is 0 Å². The molecule has 0 unspecified atom stereocenters. The summed E-state index contributed by atoms with van der Waals surface area (Å²) in [7, 11) is 0. The van der Waals surface area contributed by atoms with Crippen LogP contribution in [0.2, 0.25) is 0 Å². The van der Waals surface area contributed by atoms with Crippen LogP contribution in [-0.4, -0.2) is 29.0 Å². The van der Waals surface area contributed by atoms with Crippen LogP contribution < -0.4 is 43.0 Å². The van der Waals surface area contributed by atoms with E-state index in [0.717, 1.165) is 0 Å². The van der Waals surface area contributed by atoms with Crippen LogP contribution in [0.3, 0.4) is 0 Å². The van der Waals surface area contributed by atoms with Gasteiger partial charge in [-0.05, 0) is 0 Å². The van der Waals surface area contributed by atoms with Gasteiger partial charge in [-0.2, -0.15) is 0 Å². The normalized spacial score (nSPS) is 8.43. The van der Waals surface area contributed by atoms with E-state index in [9.17, 15) is 0 Å². The minimum atomic E-state index is -5.88. The fourth-order valence-corrected chi connectivity index (χ4v) is 0. The molecule has 0 aromatic heterocycles. The molecule has 1 radical (unpaired) electrons. The Balaban J connectivity index is -0.0000000178. The van der Waals surface area contributed by atoms with E-state index in [0.29, 0.717) is 0 Å². The summed E-state index contributed by atoms with van der Waals surface area (Å²) in [5.74, 6) is 0. The monoisotopic (exact) mass is 384 g/mol. The van der Waals surface area contributed by atoms with Gasteiger partial charge in [0.05, 0.1) is 0 Å². The van der Waals surface area contributed by atoms with E-state index in [1.807, 2.05) is 0 Å². The number of hydrogen-bond acceptors (Lipinski definition) is 8. The summed E-state index contributed by atoms with van der Waals surface area (Å²) < 4.78 is 68.9. The van der Waals surface area contributed by atoms with Crippen molar-refractivity contribution in [3.05, 3.63) is 0 Å². The van der Waals surface area contributed by atoms with Gasteiger partial charge in [0.25, 0.3) is 0 Å². The van der Waals surface area contributed by atoms with Gasteiger partial charge in [-0.3, -0.25) is 0 Å². The predicted octanol–water partition coefficient (Wildman–Crippen LogP) is -7.01. The Morgan fingerprint density at radius 3 is 0.571 bits per heavy atom. The van der Waals surface area contributed by atoms with Crippen LogP contribution in [0.4, 0.5) is 0 Å². The third kappa shape index (κ3) is 2300. The fourth-order valence-electron chi connectivity index (χ4n) is 0. The molecule has 0 aliphatic carbocycles. The SMILES string of the molecule is O=[As]([O-])([O-])[O-].O=[As]([O-])([O-])[O-].[Cr+3].[NH4+].[NH4+].[NH4+]. The zero-order valence-corrected chi connectivity index (χ0v) is 12.6. The van der Waals surface area contributed by atoms with Gasteiger partial charge in [0.15, 0.2) is 0 Å². The van der Waals surface area contributed by atoms with Gasteiger partial charge >= 0.3 is 78.4 Å². The van der Waals surface area contributed by atoms with Gasteiger partial charge in [-0.25, -0.2) is 0 Å². The first-order valence-electron chi connectivity index (χ1n) is 1.46. The molecule has 14 heteroatoms. The molecule has 11 nitrogen and oxygen atoms in total. The number of quaternary nitrogens is 3. The fraction of sp³-hybridized carbons (Fsp3) is 0. The molecule has 0 spiro atoms. The summed E-state index contributed by atoms with van der Waals surface area (Å²) in [6.45, 7) is 0. The van der Waals surface area contributed by atoms with Gasteiger partial charge in [0, 0.05) is 0 Å². The van der Waals surface area contributed by atoms with Crippen LogP contribution in [0.5, 0.6) is 0 Å². The molecule has 0 aromatic rings. The Kier molecular flexibility index (Phi) is 36.1. The molecule has 0 atom stereocenters. The maximum absolute atomic E-state index is 8.61. The molecule has 14 heavy (non-hydrogen) atoms. The Bertz CT molecular complexity index is 135. The minimum absolute atomic E-state index is 0. The third-order valence-corrected chi connectivity index (χ3v) is 0. The second-order valence-corrected chi connectivity index (χ2v) is 4.65. The average molecular weight is 384 g/mol. The predicted molar refractivity (Wildman–Crippen MR) is 30.8 cm³/mol. The first-order chi connectivity index (χ1) is 4.00. The second-order valence-electron chi connectivity index (χ2n) is 0.894. The maximum atomic E-state index is 8.61. The summed E-state index contributed by atoms with van der Waals surface area (Å²) in [5.41, 5.74) is 0. The first-order valence-corrected chi connectivity index (χ1v) is 7.59. The molecule has 0 rings (SSSR count). The molecule has 0 bridgehead atoms. The summed E-state index contributed by atoms with van der Waals surface area (Å²) in [6, 6.07) is 0. The van der Waals surface area contributed by atoms with E-state index in [1.165, 1.54) is 0 Å². The molecule has 0 saturated heterocycles. The van der Waals surface area contributed by atoms with Crippen molar-refractivity contribution in [1.29, 1.82) is 0 Å². The Morgan fingerprint density at radius 2 is 0.571 bits per heavy atom. The standard InChI is InChI=1S/2AsH3O4.Cr.3H3N/c2*2-1(3,4)5;;;;/h2*(H3,2,3,4,5);;3*1H3/q;;+3;;;/p-3. The van der Waals surface area contributed by atoms with Crippen molar-refractivity contribution in [2.45, 2.75) is 0 Å². The van der Waals surface area contributed by atoms with Crippen LogP contribution in [0.1, 0.15) is 0 Å². The first kappa shape index (κ1) is 36.3. The van der Waals surface area contributed by atoms with Crippen molar-refractivity contribution in [2.75, 3.05) is 0 Å². The van der Waals surface area contributed by atoms with E-state index in [4.69, 9.17) is 32.1 Å². The molecule has 0 aliphatic heterocycles. The number of rotatable bonds is 0. The quantitative estimate of drug-likeness (QED) is 0.336. The van der Waals surface area contributed by atoms with Crippen molar-refractivity contribution < 1.29 is 49.4 Å². The molecule has 0 fully saturated rings. The molecule has 0 amide bonds. The van der Waals surface area contributed by atoms with E-state index < -0.39 is 29.0 Å². The largest absolute Gasteiger partial charge is 3.00 e. The Labute approximate surface area is 96.7 Å². The van der Waals surface area contributed by atoms with Crippen molar-refractivity contribution >= 4 is 29.0 Å².